The maximum Gasteiger partial charge on any atom is 0.261 e. The molecule has 2 N–H and O–H groups in total. The van der Waals surface area contributed by atoms with E-state index in [1.807, 2.05) is 36.4 Å². The minimum atomic E-state index is -0.975. The second-order valence-corrected chi connectivity index (χ2v) is 6.51. The van der Waals surface area contributed by atoms with E-state index in [-0.39, 0.29) is 11.9 Å². The van der Waals surface area contributed by atoms with Gasteiger partial charge >= 0.3 is 0 Å². The van der Waals surface area contributed by atoms with Gasteiger partial charge in [-0.05, 0) is 41.8 Å². The van der Waals surface area contributed by atoms with Crippen molar-refractivity contribution in [2.24, 2.45) is 0 Å². The van der Waals surface area contributed by atoms with Gasteiger partial charge in [-0.25, -0.2) is 0 Å². The van der Waals surface area contributed by atoms with Gasteiger partial charge in [0.15, 0.2) is 11.5 Å². The van der Waals surface area contributed by atoms with E-state index in [4.69, 9.17) is 10.1 Å². The molecule has 0 aliphatic carbocycles. The molecule has 6 heteroatoms. The normalized spacial score (nSPS) is 19.6. The summed E-state index contributed by atoms with van der Waals surface area (Å²) >= 11 is 0. The number of nitrogens with one attached hydrogen (secondary N) is 2. The van der Waals surface area contributed by atoms with Crippen LogP contribution in [-0.4, -0.2) is 35.9 Å². The third-order valence-electron chi connectivity index (χ3n) is 4.84. The topological polar surface area (TPSA) is 78.3 Å². The van der Waals surface area contributed by atoms with Crippen LogP contribution in [0, 0.1) is 5.41 Å². The van der Waals surface area contributed by atoms with Crippen molar-refractivity contribution in [3.63, 3.8) is 0 Å². The number of ether oxygens (including phenoxy) is 1. The van der Waals surface area contributed by atoms with Crippen LogP contribution in [0.5, 0.6) is 5.75 Å². The van der Waals surface area contributed by atoms with Crippen LogP contribution in [0.1, 0.15) is 31.9 Å². The number of benzene rings is 1. The van der Waals surface area contributed by atoms with Crippen molar-refractivity contribution in [1.29, 1.82) is 5.41 Å². The summed E-state index contributed by atoms with van der Waals surface area (Å²) in [4.78, 5) is 18.8. The first-order valence-electron chi connectivity index (χ1n) is 8.77. The lowest BCUT2D eigenvalue weighted by Gasteiger charge is -2.26. The van der Waals surface area contributed by atoms with Crippen molar-refractivity contribution in [1.82, 2.24) is 15.2 Å². The molecule has 1 saturated heterocycles. The summed E-state index contributed by atoms with van der Waals surface area (Å²) in [6, 6.07) is 11.6. The SMILES string of the molecule is CCCCC1(c2cc(-c3cccc(OC)c3)ccn2)NC(=N)N(C)C1=O. The molecule has 1 aromatic heterocycles. The molecule has 136 valence electrons. The number of likely N-dealkylation sites (N-methyl/N-ethyl adjacent to an activating group) is 1. The summed E-state index contributed by atoms with van der Waals surface area (Å²) in [5.74, 6) is 0.754. The molecule has 0 radical (unpaired) electrons. The first-order chi connectivity index (χ1) is 12.5. The van der Waals surface area contributed by atoms with E-state index in [1.54, 1.807) is 20.4 Å². The van der Waals surface area contributed by atoms with E-state index in [0.717, 1.165) is 29.7 Å². The van der Waals surface area contributed by atoms with Crippen LogP contribution < -0.4 is 10.1 Å². The van der Waals surface area contributed by atoms with Crippen LogP contribution >= 0.6 is 0 Å². The molecule has 1 unspecified atom stereocenters. The highest BCUT2D eigenvalue weighted by Crippen LogP contribution is 2.34. The van der Waals surface area contributed by atoms with Gasteiger partial charge in [0.1, 0.15) is 5.75 Å². The lowest BCUT2D eigenvalue weighted by atomic mass is 9.87. The van der Waals surface area contributed by atoms with E-state index in [0.29, 0.717) is 12.1 Å². The number of aromatic nitrogens is 1. The molecule has 0 spiro atoms. The Bertz CT molecular complexity index is 836. The average molecular weight is 352 g/mol. The summed E-state index contributed by atoms with van der Waals surface area (Å²) in [5, 5.41) is 11.1. The second-order valence-electron chi connectivity index (χ2n) is 6.51. The second kappa shape index (κ2) is 7.15. The zero-order valence-corrected chi connectivity index (χ0v) is 15.4. The van der Waals surface area contributed by atoms with Crippen LogP contribution in [0.4, 0.5) is 0 Å². The number of hydrogen-bond donors (Lipinski definition) is 2. The molecule has 1 amide bonds. The fourth-order valence-electron chi connectivity index (χ4n) is 3.29. The van der Waals surface area contributed by atoms with Crippen LogP contribution in [0.25, 0.3) is 11.1 Å². The van der Waals surface area contributed by atoms with Crippen molar-refractivity contribution in [3.8, 4) is 16.9 Å². The molecule has 2 heterocycles. The minimum absolute atomic E-state index is 0.111. The quantitative estimate of drug-likeness (QED) is 0.837. The number of nitrogens with zero attached hydrogens (tertiary/aromatic N) is 2. The number of carbonyl (C=O) groups excluding carboxylic acids is 1. The lowest BCUT2D eigenvalue weighted by Crippen LogP contribution is -2.44. The summed E-state index contributed by atoms with van der Waals surface area (Å²) in [6.45, 7) is 2.09. The number of rotatable bonds is 6. The van der Waals surface area contributed by atoms with Crippen molar-refractivity contribution < 1.29 is 9.53 Å². The fraction of sp³-hybridized carbons (Fsp3) is 0.350. The summed E-state index contributed by atoms with van der Waals surface area (Å²) in [7, 11) is 3.26. The van der Waals surface area contributed by atoms with Crippen molar-refractivity contribution in [2.75, 3.05) is 14.2 Å². The molecule has 1 atom stereocenters. The number of pyridine rings is 1. The third kappa shape index (κ3) is 3.03. The smallest absolute Gasteiger partial charge is 0.261 e. The van der Waals surface area contributed by atoms with Crippen LogP contribution in [-0.2, 0) is 10.3 Å². The fourth-order valence-corrected chi connectivity index (χ4v) is 3.29. The number of carbonyl (C=O) groups is 1. The number of guanidine groups is 1. The van der Waals surface area contributed by atoms with Gasteiger partial charge in [-0.2, -0.15) is 0 Å². The predicted octanol–water partition coefficient (Wildman–Crippen LogP) is 3.14. The molecule has 0 bridgehead atoms. The first kappa shape index (κ1) is 17.9. The molecule has 0 saturated carbocycles. The third-order valence-corrected chi connectivity index (χ3v) is 4.84. The molecule has 26 heavy (non-hydrogen) atoms. The summed E-state index contributed by atoms with van der Waals surface area (Å²) in [6.07, 6.45) is 4.15. The molecule has 1 fully saturated rings. The Morgan fingerprint density at radius 2 is 2.04 bits per heavy atom. The van der Waals surface area contributed by atoms with Crippen molar-refractivity contribution in [2.45, 2.75) is 31.7 Å². The van der Waals surface area contributed by atoms with Crippen LogP contribution in [0.2, 0.25) is 0 Å². The molecular formula is C20H24N4O2. The van der Waals surface area contributed by atoms with Gasteiger partial charge < -0.3 is 10.1 Å². The van der Waals surface area contributed by atoms with E-state index >= 15 is 0 Å². The van der Waals surface area contributed by atoms with E-state index < -0.39 is 5.54 Å². The average Bonchev–Trinajstić information content (AvgIpc) is 2.91. The summed E-state index contributed by atoms with van der Waals surface area (Å²) in [5.41, 5.74) is 1.62. The number of hydrogen-bond acceptors (Lipinski definition) is 4. The van der Waals surface area contributed by atoms with E-state index in [1.165, 1.54) is 4.90 Å². The predicted molar refractivity (Wildman–Crippen MR) is 101 cm³/mol. The van der Waals surface area contributed by atoms with Gasteiger partial charge in [0.25, 0.3) is 5.91 Å². The number of unbranched alkanes of at least 4 members (excludes halogenated alkanes) is 1. The number of methoxy groups -OCH3 is 1. The van der Waals surface area contributed by atoms with Gasteiger partial charge in [-0.1, -0.05) is 31.9 Å². The van der Waals surface area contributed by atoms with E-state index in [9.17, 15) is 4.79 Å². The zero-order valence-electron chi connectivity index (χ0n) is 15.4. The van der Waals surface area contributed by atoms with E-state index in [2.05, 4.69) is 17.2 Å². The molecule has 1 aliphatic rings. The Balaban J connectivity index is 2.06. The molecule has 2 aromatic rings. The maximum atomic E-state index is 13.0. The van der Waals surface area contributed by atoms with Crippen molar-refractivity contribution >= 4 is 11.9 Å². The standard InChI is InChI=1S/C20H24N4O2/c1-4-5-10-20(18(25)24(2)19(21)23-20)17-13-15(9-11-22-17)14-7-6-8-16(12-14)26-3/h6-9,11-13H,4-5,10H2,1-3H3,(H2,21,23). The molecule has 6 nitrogen and oxygen atoms in total. The van der Waals surface area contributed by atoms with Gasteiger partial charge in [0.05, 0.1) is 12.8 Å². The van der Waals surface area contributed by atoms with Gasteiger partial charge in [0, 0.05) is 13.2 Å². The Morgan fingerprint density at radius 3 is 2.69 bits per heavy atom. The highest BCUT2D eigenvalue weighted by atomic mass is 16.5. The Morgan fingerprint density at radius 1 is 1.27 bits per heavy atom. The van der Waals surface area contributed by atoms with Gasteiger partial charge in [0.2, 0.25) is 0 Å². The van der Waals surface area contributed by atoms with Crippen LogP contribution in [0.15, 0.2) is 42.6 Å². The zero-order chi connectivity index (χ0) is 18.7. The summed E-state index contributed by atoms with van der Waals surface area (Å²) < 4.78 is 5.31. The molecule has 1 aliphatic heterocycles. The van der Waals surface area contributed by atoms with Gasteiger partial charge in [-0.15, -0.1) is 0 Å². The minimum Gasteiger partial charge on any atom is -0.497 e. The highest BCUT2D eigenvalue weighted by molar-refractivity contribution is 6.07. The lowest BCUT2D eigenvalue weighted by molar-refractivity contribution is -0.131. The highest BCUT2D eigenvalue weighted by Gasteiger charge is 2.50. The Labute approximate surface area is 153 Å². The number of amides is 1. The van der Waals surface area contributed by atoms with Crippen molar-refractivity contribution in [3.05, 3.63) is 48.3 Å². The Hall–Kier alpha value is -2.89. The Kier molecular flexibility index (Phi) is 4.93. The first-order valence-corrected chi connectivity index (χ1v) is 8.77. The largest absolute Gasteiger partial charge is 0.497 e. The van der Waals surface area contributed by atoms with Gasteiger partial charge in [-0.3, -0.25) is 20.1 Å². The maximum absolute atomic E-state index is 13.0. The molecular weight excluding hydrogens is 328 g/mol. The molecule has 3 rings (SSSR count). The monoisotopic (exact) mass is 352 g/mol. The molecule has 1 aromatic carbocycles. The van der Waals surface area contributed by atoms with Crippen LogP contribution in [0.3, 0.4) is 0 Å².